The monoisotopic (exact) mass is 915 g/mol. The number of carbonyl (C=O) groups is 5. The molecule has 2 fully saturated rings. The van der Waals surface area contributed by atoms with E-state index in [4.69, 9.17) is 25.7 Å². The molecule has 0 bridgehead atoms. The number of carboxylic acid groups (broad SMARTS) is 2. The maximum absolute atomic E-state index is 13.8. The maximum atomic E-state index is 13.8. The van der Waals surface area contributed by atoms with Crippen molar-refractivity contribution in [3.63, 3.8) is 0 Å². The Hall–Kier alpha value is -5.26. The Morgan fingerprint density at radius 1 is 0.922 bits per heavy atom. The Labute approximate surface area is 365 Å². The fourth-order valence-corrected chi connectivity index (χ4v) is 7.38. The summed E-state index contributed by atoms with van der Waals surface area (Å²) < 4.78 is 17.9. The van der Waals surface area contributed by atoms with Crippen LogP contribution in [0.25, 0.3) is 0 Å². The van der Waals surface area contributed by atoms with Gasteiger partial charge in [-0.2, -0.15) is 0 Å². The lowest BCUT2D eigenvalue weighted by Gasteiger charge is -2.33. The highest BCUT2D eigenvalue weighted by atomic mass is 16.7. The van der Waals surface area contributed by atoms with Gasteiger partial charge >= 0.3 is 23.7 Å². The molecule has 4 amide bonds. The average molecular weight is 916 g/mol. The zero-order chi connectivity index (χ0) is 47.6. The number of aromatic nitrogens is 2. The van der Waals surface area contributed by atoms with Crippen molar-refractivity contribution in [3.8, 4) is 0 Å². The van der Waals surface area contributed by atoms with E-state index in [-0.39, 0.29) is 50.8 Å². The molecular weight excluding hydrogens is 854 g/mol. The molecule has 0 radical (unpaired) electrons. The third-order valence-electron chi connectivity index (χ3n) is 10.7. The average Bonchev–Trinajstić information content (AvgIpc) is 3.66. The van der Waals surface area contributed by atoms with Crippen molar-refractivity contribution in [2.75, 3.05) is 26.2 Å². The zero-order valence-electron chi connectivity index (χ0n) is 35.7. The lowest BCUT2D eigenvalue weighted by atomic mass is 9.98. The number of aromatic amines is 1. The number of nitrogens with two attached hydrogens (primary N) is 2. The largest absolute Gasteiger partial charge is 0.480 e. The van der Waals surface area contributed by atoms with Gasteiger partial charge in [-0.1, -0.05) is 27.7 Å². The number of carbonyl (C=O) groups excluding carboxylic acids is 3. The quantitative estimate of drug-likeness (QED) is 0.0481. The van der Waals surface area contributed by atoms with Gasteiger partial charge in [0.05, 0.1) is 6.04 Å². The maximum Gasteiger partial charge on any atom is 0.330 e. The zero-order valence-corrected chi connectivity index (χ0v) is 35.7. The van der Waals surface area contributed by atoms with Gasteiger partial charge in [-0.3, -0.25) is 28.7 Å². The van der Waals surface area contributed by atoms with E-state index in [0.717, 1.165) is 16.8 Å². The van der Waals surface area contributed by atoms with Crippen LogP contribution in [0.2, 0.25) is 0 Å². The molecule has 1 aromatic rings. The Kier molecular flexibility index (Phi) is 18.5. The van der Waals surface area contributed by atoms with Gasteiger partial charge in [0.2, 0.25) is 11.8 Å². The molecule has 3 aliphatic heterocycles. The summed E-state index contributed by atoms with van der Waals surface area (Å²) in [6, 6.07) is -6.52. The van der Waals surface area contributed by atoms with Crippen molar-refractivity contribution in [2.24, 2.45) is 28.3 Å². The number of hydrogen-bond acceptors (Lipinski definition) is 19. The molecule has 0 aromatic carbocycles. The molecule has 360 valence electrons. The normalized spacial score (nSPS) is 28.0. The van der Waals surface area contributed by atoms with Crippen LogP contribution in [0, 0.1) is 11.8 Å². The summed E-state index contributed by atoms with van der Waals surface area (Å²) in [5.74, 6) is -4.93. The van der Waals surface area contributed by atoms with Crippen LogP contribution in [-0.4, -0.2) is 181 Å². The van der Waals surface area contributed by atoms with Crippen LogP contribution < -0.4 is 54.6 Å². The van der Waals surface area contributed by atoms with Crippen molar-refractivity contribution < 1.29 is 68.8 Å². The van der Waals surface area contributed by atoms with Crippen molar-refractivity contribution >= 4 is 35.7 Å². The van der Waals surface area contributed by atoms with Crippen LogP contribution in [-0.2, 0) is 33.4 Å². The summed E-state index contributed by atoms with van der Waals surface area (Å²) in [5, 5.41) is 78.8. The number of urea groups is 1. The molecule has 27 heteroatoms. The van der Waals surface area contributed by atoms with E-state index in [1.54, 1.807) is 27.7 Å². The van der Waals surface area contributed by atoms with Crippen LogP contribution in [0.5, 0.6) is 0 Å². The molecule has 1 aromatic heterocycles. The van der Waals surface area contributed by atoms with Crippen molar-refractivity contribution in [1.82, 2.24) is 41.5 Å². The van der Waals surface area contributed by atoms with Crippen LogP contribution in [0.15, 0.2) is 26.8 Å². The van der Waals surface area contributed by atoms with Crippen molar-refractivity contribution in [3.05, 3.63) is 33.1 Å². The molecule has 4 rings (SSSR count). The fraction of sp³-hybridized carbons (Fsp3) is 0.730. The number of rotatable bonds is 22. The minimum Gasteiger partial charge on any atom is -0.480 e. The first-order valence-corrected chi connectivity index (χ1v) is 20.8. The van der Waals surface area contributed by atoms with E-state index in [2.05, 4.69) is 36.9 Å². The van der Waals surface area contributed by atoms with E-state index in [9.17, 15) is 64.2 Å². The van der Waals surface area contributed by atoms with Crippen LogP contribution in [0.1, 0.15) is 53.2 Å². The van der Waals surface area contributed by atoms with Gasteiger partial charge in [-0.05, 0) is 37.6 Å². The number of aliphatic hydroxyl groups is 4. The fourth-order valence-electron chi connectivity index (χ4n) is 7.38. The number of aliphatic imine (C=N–C) groups is 1. The number of ether oxygens (including phenoxy) is 3. The molecule has 14 atom stereocenters. The summed E-state index contributed by atoms with van der Waals surface area (Å²) >= 11 is 0. The molecule has 4 heterocycles. The number of carboxylic acids is 2. The molecule has 0 saturated carbocycles. The summed E-state index contributed by atoms with van der Waals surface area (Å²) in [5.41, 5.74) is 9.69. The molecule has 0 unspecified atom stereocenters. The number of hydrogen-bond donors (Lipinski definition) is 15. The Balaban J connectivity index is 1.46. The smallest absolute Gasteiger partial charge is 0.330 e. The van der Waals surface area contributed by atoms with E-state index in [1.165, 1.54) is 0 Å². The first-order chi connectivity index (χ1) is 30.1. The van der Waals surface area contributed by atoms with Gasteiger partial charge in [0.15, 0.2) is 18.5 Å². The Morgan fingerprint density at radius 2 is 1.61 bits per heavy atom. The lowest BCUT2D eigenvalue weighted by Crippen LogP contribution is -2.61. The summed E-state index contributed by atoms with van der Waals surface area (Å²) in [6.45, 7) is 6.57. The number of amides is 4. The second-order valence-electron chi connectivity index (χ2n) is 16.4. The lowest BCUT2D eigenvalue weighted by molar-refractivity contribution is -0.228. The van der Waals surface area contributed by atoms with E-state index in [1.807, 2.05) is 4.98 Å². The van der Waals surface area contributed by atoms with Gasteiger partial charge < -0.3 is 88.2 Å². The molecular formula is C37H61N11O16. The van der Waals surface area contributed by atoms with Gasteiger partial charge in [0, 0.05) is 31.9 Å². The number of nitrogens with zero attached hydrogens (tertiary/aromatic N) is 2. The predicted octanol–water partition coefficient (Wildman–Crippen LogP) is -6.52. The van der Waals surface area contributed by atoms with E-state index < -0.39 is 132 Å². The number of guanidine groups is 1. The standard InChI is InChI=1S/C37H61N11O16/c1-14(2)12-17(43-30(55)21(16-6-10-42-35(39)44-16)47-36(60)46-20(15(3)4)32(56)57)29(54)41-9-5-8-40-22(33(58)59)27(64-34-26(53)23(50)18(13-38)62-34)28-24(51)25(52)31(63-28)48-11-7-19(49)45-37(48)61/h7,11,14-18,20-28,31,34,40,50-53H,5-6,8-10,12-13,38H2,1-4H3,(H,41,54)(H,43,55)(H,56,57)(H,58,59)(H3,39,42,44)(H,45,49,61)(H2,46,47,60)/t16-,17-,18+,20-,21-,22-,23+,24-,25+,26+,27-,28-,31+,34-/m0/s1. The first-order valence-electron chi connectivity index (χ1n) is 20.8. The van der Waals surface area contributed by atoms with Crippen LogP contribution >= 0.6 is 0 Å². The highest BCUT2D eigenvalue weighted by Gasteiger charge is 2.54. The molecule has 3 aliphatic rings. The number of aliphatic carboxylic acids is 2. The molecule has 64 heavy (non-hydrogen) atoms. The minimum absolute atomic E-state index is 0.00911. The Bertz CT molecular complexity index is 1930. The molecule has 0 aliphatic carbocycles. The second kappa shape index (κ2) is 23.1. The predicted molar refractivity (Wildman–Crippen MR) is 220 cm³/mol. The summed E-state index contributed by atoms with van der Waals surface area (Å²) in [6.07, 6.45) is -13.7. The van der Waals surface area contributed by atoms with Crippen LogP contribution in [0.3, 0.4) is 0 Å². The van der Waals surface area contributed by atoms with Gasteiger partial charge in [0.1, 0.15) is 66.9 Å². The SMILES string of the molecule is CC(C)C[C@H](NC(=O)[C@@H](NC(=O)N[C@H](C(=O)O)C(C)C)[C@@H]1CCNC(N)=N1)C(=O)NCCCN[C@H](C(=O)O)[C@H](O[C@@H]1O[C@H](CN)[C@@H](O)[C@H]1O)[C@H]1O[C@@H](n2ccc(=O)[nH]c2=O)[C@H](O)[C@@H]1O. The minimum atomic E-state index is -1.93. The molecule has 27 nitrogen and oxygen atoms in total. The van der Waals surface area contributed by atoms with Gasteiger partial charge in [0.25, 0.3) is 5.56 Å². The summed E-state index contributed by atoms with van der Waals surface area (Å²) in [7, 11) is 0. The van der Waals surface area contributed by atoms with E-state index in [0.29, 0.717) is 6.54 Å². The van der Waals surface area contributed by atoms with E-state index >= 15 is 0 Å². The van der Waals surface area contributed by atoms with Gasteiger partial charge in [-0.25, -0.2) is 19.4 Å². The van der Waals surface area contributed by atoms with Crippen molar-refractivity contribution in [2.45, 2.75) is 132 Å². The highest BCUT2D eigenvalue weighted by molar-refractivity contribution is 5.93. The Morgan fingerprint density at radius 3 is 2.19 bits per heavy atom. The highest BCUT2D eigenvalue weighted by Crippen LogP contribution is 2.34. The number of H-pyrrole nitrogens is 1. The number of nitrogens with one attached hydrogen (secondary N) is 7. The molecule has 17 N–H and O–H groups in total. The number of aliphatic hydroxyl groups excluding tert-OH is 4. The third-order valence-corrected chi connectivity index (χ3v) is 10.7. The van der Waals surface area contributed by atoms with Crippen molar-refractivity contribution in [1.29, 1.82) is 0 Å². The topological polar surface area (TPSA) is 426 Å². The second-order valence-corrected chi connectivity index (χ2v) is 16.4. The van der Waals surface area contributed by atoms with Crippen LogP contribution in [0.4, 0.5) is 4.79 Å². The third kappa shape index (κ3) is 13.2. The van der Waals surface area contributed by atoms with Gasteiger partial charge in [-0.15, -0.1) is 0 Å². The summed E-state index contributed by atoms with van der Waals surface area (Å²) in [4.78, 5) is 95.3. The first kappa shape index (κ1) is 51.4. The molecule has 0 spiro atoms. The molecule has 2 saturated heterocycles.